The molecule has 0 N–H and O–H groups in total. The van der Waals surface area contributed by atoms with Crippen LogP contribution in [0.3, 0.4) is 0 Å². The number of carbonyl (C=O) groups is 2. The van der Waals surface area contributed by atoms with Gasteiger partial charge in [-0.2, -0.15) is 0 Å². The van der Waals surface area contributed by atoms with Crippen LogP contribution in [0.25, 0.3) is 0 Å². The summed E-state index contributed by atoms with van der Waals surface area (Å²) in [4.78, 5) is 23.3. The molecule has 16 heavy (non-hydrogen) atoms. The first kappa shape index (κ1) is 11.6. The molecule has 0 spiro atoms. The van der Waals surface area contributed by atoms with Gasteiger partial charge >= 0.3 is 0 Å². The third kappa shape index (κ3) is 1.64. The van der Waals surface area contributed by atoms with E-state index in [4.69, 9.17) is 0 Å². The molecule has 2 aliphatic rings. The van der Waals surface area contributed by atoms with Crippen LogP contribution in [0, 0.1) is 17.3 Å². The molecule has 2 aliphatic carbocycles. The first-order valence-corrected chi connectivity index (χ1v) is 6.22. The second-order valence-corrected chi connectivity index (χ2v) is 5.64. The topological polar surface area (TPSA) is 34.1 Å². The molecule has 3 atom stereocenters. The molecule has 0 heterocycles. The zero-order valence-corrected chi connectivity index (χ0v) is 10.4. The van der Waals surface area contributed by atoms with Gasteiger partial charge in [-0.1, -0.05) is 26.3 Å². The Balaban J connectivity index is 2.42. The molecular weight excluding hydrogens is 200 g/mol. The van der Waals surface area contributed by atoms with Crippen LogP contribution in [0.1, 0.15) is 46.5 Å². The summed E-state index contributed by atoms with van der Waals surface area (Å²) in [6, 6.07) is 0. The maximum Gasteiger partial charge on any atom is 0.166 e. The Labute approximate surface area is 97.1 Å². The van der Waals surface area contributed by atoms with Gasteiger partial charge in [0.25, 0.3) is 0 Å². The molecule has 0 amide bonds. The molecule has 0 aliphatic heterocycles. The number of hydrogen-bond acceptors (Lipinski definition) is 2. The number of carbonyl (C=O) groups excluding carboxylic acids is 2. The van der Waals surface area contributed by atoms with E-state index in [0.29, 0.717) is 23.8 Å². The van der Waals surface area contributed by atoms with E-state index in [1.165, 1.54) is 19.8 Å². The molecule has 1 saturated carbocycles. The largest absolute Gasteiger partial charge is 0.294 e. The Hall–Kier alpha value is -0.920. The molecular formula is C14H20O2. The van der Waals surface area contributed by atoms with Crippen molar-refractivity contribution in [2.45, 2.75) is 46.5 Å². The molecule has 0 bridgehead atoms. The van der Waals surface area contributed by atoms with Gasteiger partial charge in [-0.05, 0) is 37.0 Å². The van der Waals surface area contributed by atoms with E-state index in [1.54, 1.807) is 0 Å². The Bertz CT molecular complexity index is 367. The van der Waals surface area contributed by atoms with E-state index in [0.717, 1.165) is 6.42 Å². The van der Waals surface area contributed by atoms with Crippen molar-refractivity contribution in [3.8, 4) is 0 Å². The molecule has 2 rings (SSSR count). The number of hydrogen-bond donors (Lipinski definition) is 0. The maximum absolute atomic E-state index is 11.9. The van der Waals surface area contributed by atoms with Crippen LogP contribution in [0.5, 0.6) is 0 Å². The van der Waals surface area contributed by atoms with Gasteiger partial charge in [0.2, 0.25) is 0 Å². The number of fused-ring (bicyclic) bond motifs is 1. The molecule has 2 heteroatoms. The van der Waals surface area contributed by atoms with Crippen molar-refractivity contribution < 1.29 is 9.59 Å². The first-order valence-electron chi connectivity index (χ1n) is 6.22. The number of allylic oxidation sites excluding steroid dienone is 2. The number of rotatable bonds is 1. The predicted octanol–water partition coefficient (Wildman–Crippen LogP) is 2.92. The average molecular weight is 220 g/mol. The highest BCUT2D eigenvalue weighted by Gasteiger charge is 2.45. The van der Waals surface area contributed by atoms with Crippen molar-refractivity contribution in [3.05, 3.63) is 11.6 Å². The smallest absolute Gasteiger partial charge is 0.166 e. The molecule has 0 aromatic rings. The Morgan fingerprint density at radius 2 is 2.12 bits per heavy atom. The van der Waals surface area contributed by atoms with E-state index in [9.17, 15) is 9.59 Å². The van der Waals surface area contributed by atoms with Crippen LogP contribution < -0.4 is 0 Å². The van der Waals surface area contributed by atoms with Gasteiger partial charge in [-0.15, -0.1) is 0 Å². The quantitative estimate of drug-likeness (QED) is 0.637. The van der Waals surface area contributed by atoms with Crippen molar-refractivity contribution in [2.24, 2.45) is 17.3 Å². The van der Waals surface area contributed by atoms with E-state index in [2.05, 4.69) is 13.8 Å². The molecule has 0 unspecified atom stereocenters. The lowest BCUT2D eigenvalue weighted by molar-refractivity contribution is -0.123. The first-order chi connectivity index (χ1) is 7.45. The monoisotopic (exact) mass is 220 g/mol. The molecule has 0 aromatic heterocycles. The third-order valence-electron chi connectivity index (χ3n) is 4.70. The van der Waals surface area contributed by atoms with Gasteiger partial charge < -0.3 is 0 Å². The summed E-state index contributed by atoms with van der Waals surface area (Å²) >= 11 is 0. The van der Waals surface area contributed by atoms with Crippen LogP contribution in [-0.2, 0) is 9.59 Å². The average Bonchev–Trinajstić information content (AvgIpc) is 2.20. The van der Waals surface area contributed by atoms with Crippen molar-refractivity contribution in [1.29, 1.82) is 0 Å². The Kier molecular flexibility index (Phi) is 2.77. The lowest BCUT2D eigenvalue weighted by Gasteiger charge is -2.47. The summed E-state index contributed by atoms with van der Waals surface area (Å²) in [6.45, 7) is 5.97. The van der Waals surface area contributed by atoms with E-state index < -0.39 is 0 Å². The number of Topliss-reactive ketones (excluding diaryl/α,β-unsaturated/α-hetero) is 2. The van der Waals surface area contributed by atoms with Crippen LogP contribution in [0.2, 0.25) is 0 Å². The lowest BCUT2D eigenvalue weighted by atomic mass is 9.57. The molecule has 1 fully saturated rings. The Morgan fingerprint density at radius 3 is 2.75 bits per heavy atom. The standard InChI is InChI=1S/C14H20O2/c1-9-5-4-6-11-7-13(16)12(10(2)15)8-14(9,11)3/h8-9,11H,4-7H2,1-3H3/t9-,11+,14+/m0/s1. The summed E-state index contributed by atoms with van der Waals surface area (Å²) in [5.74, 6) is 1.02. The zero-order valence-electron chi connectivity index (χ0n) is 10.4. The second kappa shape index (κ2) is 3.83. The zero-order chi connectivity index (χ0) is 11.9. The third-order valence-corrected chi connectivity index (χ3v) is 4.70. The fourth-order valence-electron chi connectivity index (χ4n) is 3.30. The van der Waals surface area contributed by atoms with Crippen molar-refractivity contribution in [3.63, 3.8) is 0 Å². The molecule has 2 nitrogen and oxygen atoms in total. The fraction of sp³-hybridized carbons (Fsp3) is 0.714. The summed E-state index contributed by atoms with van der Waals surface area (Å²) in [5, 5.41) is 0. The van der Waals surface area contributed by atoms with Crippen molar-refractivity contribution in [1.82, 2.24) is 0 Å². The predicted molar refractivity (Wildman–Crippen MR) is 63.0 cm³/mol. The van der Waals surface area contributed by atoms with Gasteiger partial charge in [0.15, 0.2) is 11.6 Å². The lowest BCUT2D eigenvalue weighted by Crippen LogP contribution is -2.41. The van der Waals surface area contributed by atoms with Crippen LogP contribution in [0.4, 0.5) is 0 Å². The minimum atomic E-state index is -0.0672. The van der Waals surface area contributed by atoms with Crippen molar-refractivity contribution >= 4 is 11.6 Å². The van der Waals surface area contributed by atoms with Gasteiger partial charge in [-0.3, -0.25) is 9.59 Å². The minimum Gasteiger partial charge on any atom is -0.294 e. The molecule has 0 radical (unpaired) electrons. The van der Waals surface area contributed by atoms with Crippen LogP contribution >= 0.6 is 0 Å². The highest BCUT2D eigenvalue weighted by molar-refractivity contribution is 6.19. The summed E-state index contributed by atoms with van der Waals surface area (Å²) in [5.41, 5.74) is 0.514. The van der Waals surface area contributed by atoms with E-state index >= 15 is 0 Å². The van der Waals surface area contributed by atoms with Crippen LogP contribution in [0.15, 0.2) is 11.6 Å². The molecule has 0 aromatic carbocycles. The van der Waals surface area contributed by atoms with Crippen molar-refractivity contribution in [2.75, 3.05) is 0 Å². The summed E-state index contributed by atoms with van der Waals surface area (Å²) < 4.78 is 0. The Morgan fingerprint density at radius 1 is 1.44 bits per heavy atom. The number of ketones is 2. The van der Waals surface area contributed by atoms with Gasteiger partial charge in [0, 0.05) is 6.42 Å². The highest BCUT2D eigenvalue weighted by atomic mass is 16.1. The van der Waals surface area contributed by atoms with Gasteiger partial charge in [-0.25, -0.2) is 0 Å². The van der Waals surface area contributed by atoms with E-state index in [1.807, 2.05) is 6.08 Å². The normalized spacial score (nSPS) is 38.9. The second-order valence-electron chi connectivity index (χ2n) is 5.64. The van der Waals surface area contributed by atoms with Gasteiger partial charge in [0.05, 0.1) is 5.57 Å². The van der Waals surface area contributed by atoms with Gasteiger partial charge in [0.1, 0.15) is 0 Å². The summed E-state index contributed by atoms with van der Waals surface area (Å²) in [7, 11) is 0. The fourth-order valence-corrected chi connectivity index (χ4v) is 3.30. The summed E-state index contributed by atoms with van der Waals surface area (Å²) in [6.07, 6.45) is 6.12. The highest BCUT2D eigenvalue weighted by Crippen LogP contribution is 2.50. The SMILES string of the molecule is CC(=O)C1=C[C@@]2(C)[C@H](CCC[C@@H]2C)CC1=O. The minimum absolute atomic E-state index is 0.0593. The molecule has 0 saturated heterocycles. The maximum atomic E-state index is 11.9. The van der Waals surface area contributed by atoms with Crippen LogP contribution in [-0.4, -0.2) is 11.6 Å². The molecule has 88 valence electrons. The van der Waals surface area contributed by atoms with E-state index in [-0.39, 0.29) is 17.0 Å².